The number of piperidine rings is 1. The first-order chi connectivity index (χ1) is 9.87. The van der Waals surface area contributed by atoms with Crippen LogP contribution in [0.5, 0.6) is 0 Å². The topological polar surface area (TPSA) is 63.4 Å². The first-order valence-electron chi connectivity index (χ1n) is 7.06. The Morgan fingerprint density at radius 3 is 2.38 bits per heavy atom. The molecule has 1 heterocycles. The molecule has 3 rings (SSSR count). The minimum Gasteiger partial charge on any atom is -0.320 e. The fourth-order valence-corrected chi connectivity index (χ4v) is 3.32. The van der Waals surface area contributed by atoms with Crippen LogP contribution in [0.3, 0.4) is 0 Å². The Balaban J connectivity index is 1.97. The Morgan fingerprint density at radius 1 is 1.19 bits per heavy atom. The highest BCUT2D eigenvalue weighted by molar-refractivity contribution is 6.25. The molecule has 2 aliphatic rings. The summed E-state index contributed by atoms with van der Waals surface area (Å²) >= 11 is 0. The number of imide groups is 1. The lowest BCUT2D eigenvalue weighted by molar-refractivity contribution is -0.125. The van der Waals surface area contributed by atoms with Gasteiger partial charge >= 0.3 is 0 Å². The van der Waals surface area contributed by atoms with E-state index in [9.17, 15) is 9.59 Å². The lowest BCUT2D eigenvalue weighted by atomic mass is 10.0. The van der Waals surface area contributed by atoms with Crippen LogP contribution in [0.2, 0.25) is 0 Å². The summed E-state index contributed by atoms with van der Waals surface area (Å²) in [5.74, 6) is 5.25. The summed E-state index contributed by atoms with van der Waals surface area (Å²) in [6, 6.07) is 5.55. The quantitative estimate of drug-likeness (QED) is 0.626. The molecule has 21 heavy (non-hydrogen) atoms. The number of carbonyl (C=O) groups is 2. The summed E-state index contributed by atoms with van der Waals surface area (Å²) in [6.07, 6.45) is 0. The molecule has 2 amide bonds. The summed E-state index contributed by atoms with van der Waals surface area (Å²) in [5.41, 5.74) is 7.56. The third kappa shape index (κ3) is 1.97. The van der Waals surface area contributed by atoms with Crippen molar-refractivity contribution in [2.24, 2.45) is 23.0 Å². The van der Waals surface area contributed by atoms with Crippen LogP contribution in [0.25, 0.3) is 0 Å². The zero-order valence-corrected chi connectivity index (χ0v) is 12.4. The van der Waals surface area contributed by atoms with Crippen molar-refractivity contribution in [3.8, 4) is 11.8 Å². The van der Waals surface area contributed by atoms with Crippen LogP contribution in [0.15, 0.2) is 18.2 Å². The molecule has 0 aromatic heterocycles. The van der Waals surface area contributed by atoms with E-state index in [4.69, 9.17) is 5.73 Å². The van der Waals surface area contributed by atoms with Crippen molar-refractivity contribution in [2.45, 2.75) is 20.8 Å². The summed E-state index contributed by atoms with van der Waals surface area (Å²) in [4.78, 5) is 26.2. The Kier molecular flexibility index (Phi) is 2.93. The highest BCUT2D eigenvalue weighted by atomic mass is 16.2. The van der Waals surface area contributed by atoms with Crippen LogP contribution in [-0.4, -0.2) is 18.4 Å². The molecule has 0 spiro atoms. The molecule has 2 atom stereocenters. The van der Waals surface area contributed by atoms with Gasteiger partial charge in [-0.3, -0.25) is 9.59 Å². The van der Waals surface area contributed by atoms with Crippen LogP contribution >= 0.6 is 0 Å². The number of aryl methyl sites for hydroxylation is 1. The third-order valence-corrected chi connectivity index (χ3v) is 4.46. The van der Waals surface area contributed by atoms with E-state index >= 15 is 0 Å². The molecule has 1 aromatic carbocycles. The van der Waals surface area contributed by atoms with Crippen LogP contribution in [-0.2, 0) is 9.59 Å². The molecule has 1 saturated heterocycles. The van der Waals surface area contributed by atoms with Gasteiger partial charge in [-0.1, -0.05) is 25.7 Å². The molecule has 4 heteroatoms. The number of benzene rings is 1. The fraction of sp³-hybridized carbons (Fsp3) is 0.412. The highest BCUT2D eigenvalue weighted by Crippen LogP contribution is 2.63. The molecule has 1 aliphatic heterocycles. The SMILES string of the molecule is Cc1cc(C#CCN)cc(N2C(=O)C3C(C2=O)C3(C)C)c1. The van der Waals surface area contributed by atoms with Gasteiger partial charge in [0.1, 0.15) is 0 Å². The summed E-state index contributed by atoms with van der Waals surface area (Å²) < 4.78 is 0. The Hall–Kier alpha value is -2.12. The zero-order valence-electron chi connectivity index (χ0n) is 12.4. The predicted molar refractivity (Wildman–Crippen MR) is 80.4 cm³/mol. The van der Waals surface area contributed by atoms with Crippen LogP contribution in [0, 0.1) is 36.0 Å². The molecule has 0 radical (unpaired) electrons. The second kappa shape index (κ2) is 4.44. The van der Waals surface area contributed by atoms with Gasteiger partial charge in [-0.15, -0.1) is 0 Å². The maximum absolute atomic E-state index is 12.5. The summed E-state index contributed by atoms with van der Waals surface area (Å²) in [6.45, 7) is 6.16. The molecule has 2 fully saturated rings. The second-order valence-corrected chi connectivity index (χ2v) is 6.35. The standard InChI is InChI=1S/C17H18N2O2/c1-10-7-11(5-4-6-18)9-12(8-10)19-15(20)13-14(16(19)21)17(13,2)3/h7-9,13-14H,6,18H2,1-3H3. The molecular formula is C17H18N2O2. The number of nitrogens with zero attached hydrogens (tertiary/aromatic N) is 1. The monoisotopic (exact) mass is 282 g/mol. The van der Waals surface area contributed by atoms with Gasteiger partial charge in [0.25, 0.3) is 0 Å². The molecule has 0 bridgehead atoms. The van der Waals surface area contributed by atoms with Gasteiger partial charge in [0.15, 0.2) is 0 Å². The number of fused-ring (bicyclic) bond motifs is 1. The largest absolute Gasteiger partial charge is 0.320 e. The lowest BCUT2D eigenvalue weighted by Crippen LogP contribution is -2.36. The van der Waals surface area contributed by atoms with Crippen molar-refractivity contribution in [3.05, 3.63) is 29.3 Å². The van der Waals surface area contributed by atoms with Crippen LogP contribution in [0.1, 0.15) is 25.0 Å². The molecule has 1 aromatic rings. The zero-order chi connectivity index (χ0) is 15.4. The molecule has 1 saturated carbocycles. The maximum Gasteiger partial charge on any atom is 0.238 e. The van der Waals surface area contributed by atoms with E-state index in [1.54, 1.807) is 6.07 Å². The lowest BCUT2D eigenvalue weighted by Gasteiger charge is -2.21. The van der Waals surface area contributed by atoms with E-state index < -0.39 is 0 Å². The molecular weight excluding hydrogens is 264 g/mol. The molecule has 2 N–H and O–H groups in total. The highest BCUT2D eigenvalue weighted by Gasteiger charge is 2.72. The minimum atomic E-state index is -0.184. The van der Waals surface area contributed by atoms with Gasteiger partial charge in [0, 0.05) is 5.56 Å². The predicted octanol–water partition coefficient (Wildman–Crippen LogP) is 1.45. The first kappa shape index (κ1) is 13.8. The number of anilines is 1. The van der Waals surface area contributed by atoms with Gasteiger partial charge in [0.2, 0.25) is 11.8 Å². The number of nitrogens with two attached hydrogens (primary N) is 1. The smallest absolute Gasteiger partial charge is 0.238 e. The van der Waals surface area contributed by atoms with E-state index in [1.807, 2.05) is 32.9 Å². The molecule has 1 aliphatic carbocycles. The number of rotatable bonds is 1. The van der Waals surface area contributed by atoms with E-state index in [2.05, 4.69) is 11.8 Å². The van der Waals surface area contributed by atoms with Crippen molar-refractivity contribution < 1.29 is 9.59 Å². The Bertz CT molecular complexity index is 685. The number of carbonyl (C=O) groups excluding carboxylic acids is 2. The van der Waals surface area contributed by atoms with Crippen molar-refractivity contribution in [1.82, 2.24) is 0 Å². The number of hydrogen-bond donors (Lipinski definition) is 1. The third-order valence-electron chi connectivity index (χ3n) is 4.46. The van der Waals surface area contributed by atoms with Gasteiger partial charge in [0.05, 0.1) is 24.1 Å². The average molecular weight is 282 g/mol. The van der Waals surface area contributed by atoms with Crippen LogP contribution in [0.4, 0.5) is 5.69 Å². The fourth-order valence-electron chi connectivity index (χ4n) is 3.32. The van der Waals surface area contributed by atoms with Gasteiger partial charge in [-0.05, 0) is 36.1 Å². The maximum atomic E-state index is 12.5. The van der Waals surface area contributed by atoms with Crippen molar-refractivity contribution >= 4 is 17.5 Å². The number of hydrogen-bond acceptors (Lipinski definition) is 3. The molecule has 2 unspecified atom stereocenters. The van der Waals surface area contributed by atoms with Gasteiger partial charge in [-0.25, -0.2) is 4.90 Å². The number of amides is 2. The van der Waals surface area contributed by atoms with Crippen molar-refractivity contribution in [3.63, 3.8) is 0 Å². The van der Waals surface area contributed by atoms with Gasteiger partial charge in [-0.2, -0.15) is 0 Å². The molecule has 108 valence electrons. The van der Waals surface area contributed by atoms with Crippen molar-refractivity contribution in [1.29, 1.82) is 0 Å². The minimum absolute atomic E-state index is 0.0849. The normalized spacial score (nSPS) is 25.4. The van der Waals surface area contributed by atoms with E-state index in [-0.39, 0.29) is 35.6 Å². The summed E-state index contributed by atoms with van der Waals surface area (Å²) in [5, 5.41) is 0. The summed E-state index contributed by atoms with van der Waals surface area (Å²) in [7, 11) is 0. The van der Waals surface area contributed by atoms with Crippen LogP contribution < -0.4 is 10.6 Å². The average Bonchev–Trinajstić information content (AvgIpc) is 2.86. The Morgan fingerprint density at radius 2 is 1.81 bits per heavy atom. The van der Waals surface area contributed by atoms with E-state index in [0.29, 0.717) is 5.69 Å². The second-order valence-electron chi connectivity index (χ2n) is 6.35. The van der Waals surface area contributed by atoms with E-state index in [0.717, 1.165) is 11.1 Å². The van der Waals surface area contributed by atoms with Gasteiger partial charge < -0.3 is 5.73 Å². The first-order valence-corrected chi connectivity index (χ1v) is 7.06. The van der Waals surface area contributed by atoms with Crippen molar-refractivity contribution in [2.75, 3.05) is 11.4 Å². The van der Waals surface area contributed by atoms with E-state index in [1.165, 1.54) is 4.90 Å². The Labute approximate surface area is 124 Å². The molecule has 4 nitrogen and oxygen atoms in total.